The van der Waals surface area contributed by atoms with Crippen molar-refractivity contribution in [2.45, 2.75) is 24.2 Å². The van der Waals surface area contributed by atoms with Gasteiger partial charge in [0.1, 0.15) is 24.2 Å². The molecular weight excluding hydrogens is 430 g/mol. The van der Waals surface area contributed by atoms with Crippen LogP contribution in [0.2, 0.25) is 0 Å². The molecule has 2 amide bonds. The summed E-state index contributed by atoms with van der Waals surface area (Å²) in [6.07, 6.45) is 6.92. The first-order valence-electron chi connectivity index (χ1n) is 11.8. The molecule has 5 heterocycles. The second kappa shape index (κ2) is 9.17. The Morgan fingerprint density at radius 3 is 2.67 bits per heavy atom. The first-order valence-corrected chi connectivity index (χ1v) is 11.8. The van der Waals surface area contributed by atoms with Crippen LogP contribution in [0.25, 0.3) is 0 Å². The summed E-state index contributed by atoms with van der Waals surface area (Å²) in [5.74, 6) is -2.58. The number of hydrogen-bond acceptors (Lipinski definition) is 8. The molecule has 0 saturated carbocycles. The van der Waals surface area contributed by atoms with Gasteiger partial charge < -0.3 is 29.1 Å². The smallest absolute Gasteiger partial charge is 0.313 e. The highest BCUT2D eigenvalue weighted by Crippen LogP contribution is 2.53. The third-order valence-corrected chi connectivity index (χ3v) is 7.34. The number of hydrogen-bond donors (Lipinski definition) is 1. The van der Waals surface area contributed by atoms with E-state index < -0.39 is 35.6 Å². The van der Waals surface area contributed by atoms with Crippen molar-refractivity contribution in [1.82, 2.24) is 14.7 Å². The van der Waals surface area contributed by atoms with E-state index in [1.54, 1.807) is 17.1 Å². The molecule has 10 nitrogen and oxygen atoms in total. The minimum absolute atomic E-state index is 0.101. The van der Waals surface area contributed by atoms with E-state index in [0.717, 1.165) is 19.6 Å². The van der Waals surface area contributed by atoms with Crippen molar-refractivity contribution in [3.63, 3.8) is 0 Å². The van der Waals surface area contributed by atoms with Crippen LogP contribution in [0.1, 0.15) is 6.42 Å². The number of fused-ring (bicyclic) bond motifs is 2. The van der Waals surface area contributed by atoms with Crippen LogP contribution in [0.15, 0.2) is 24.3 Å². The lowest BCUT2D eigenvalue weighted by Crippen LogP contribution is -2.56. The van der Waals surface area contributed by atoms with E-state index in [1.165, 1.54) is 4.90 Å². The molecule has 3 fully saturated rings. The number of nitrogens with zero attached hydrogens (tertiary/aromatic N) is 3. The lowest BCUT2D eigenvalue weighted by molar-refractivity contribution is -0.153. The normalized spacial score (nSPS) is 36.3. The minimum atomic E-state index is -1.23. The van der Waals surface area contributed by atoms with Gasteiger partial charge >= 0.3 is 5.97 Å². The Hall–Kier alpha value is -2.27. The van der Waals surface area contributed by atoms with Gasteiger partial charge in [0, 0.05) is 45.9 Å². The van der Waals surface area contributed by atoms with E-state index in [-0.39, 0.29) is 31.6 Å². The first kappa shape index (κ1) is 22.5. The molecule has 5 aliphatic heterocycles. The molecular formula is C23H31N3O7. The molecule has 0 radical (unpaired) electrons. The van der Waals surface area contributed by atoms with E-state index in [4.69, 9.17) is 14.2 Å². The monoisotopic (exact) mass is 461 g/mol. The Morgan fingerprint density at radius 2 is 1.88 bits per heavy atom. The SMILES string of the molecule is O=C1OCC=C[C@H]2OC34C=CCN(CCN5CCOCC5)C(=O)[C@H]3N(CCCO)C(=O)[C@@H]4[C@@H]12. The third-order valence-electron chi connectivity index (χ3n) is 7.34. The fourth-order valence-electron chi connectivity index (χ4n) is 5.78. The summed E-state index contributed by atoms with van der Waals surface area (Å²) in [6, 6.07) is -0.877. The zero-order chi connectivity index (χ0) is 23.0. The number of rotatable bonds is 6. The van der Waals surface area contributed by atoms with Gasteiger partial charge in [0.25, 0.3) is 0 Å². The summed E-state index contributed by atoms with van der Waals surface area (Å²) in [5.41, 5.74) is -1.23. The predicted octanol–water partition coefficient (Wildman–Crippen LogP) is -1.21. The number of esters is 1. The summed E-state index contributed by atoms with van der Waals surface area (Å²) in [6.45, 7) is 4.95. The quantitative estimate of drug-likeness (QED) is 0.388. The topological polar surface area (TPSA) is 109 Å². The van der Waals surface area contributed by atoms with Crippen molar-refractivity contribution in [3.05, 3.63) is 24.3 Å². The van der Waals surface area contributed by atoms with Gasteiger partial charge in [-0.15, -0.1) is 0 Å². The number of carbonyl (C=O) groups excluding carboxylic acids is 3. The zero-order valence-corrected chi connectivity index (χ0v) is 18.6. The third kappa shape index (κ3) is 3.78. The molecule has 5 aliphatic rings. The van der Waals surface area contributed by atoms with Gasteiger partial charge in [-0.05, 0) is 12.5 Å². The molecule has 0 aromatic carbocycles. The summed E-state index contributed by atoms with van der Waals surface area (Å²) in [4.78, 5) is 45.9. The van der Waals surface area contributed by atoms with Gasteiger partial charge in [-0.1, -0.05) is 18.2 Å². The van der Waals surface area contributed by atoms with Crippen molar-refractivity contribution < 1.29 is 33.7 Å². The fourth-order valence-corrected chi connectivity index (χ4v) is 5.78. The maximum atomic E-state index is 13.9. The van der Waals surface area contributed by atoms with E-state index in [0.29, 0.717) is 32.7 Å². The molecule has 180 valence electrons. The average molecular weight is 462 g/mol. The van der Waals surface area contributed by atoms with Gasteiger partial charge in [0.2, 0.25) is 11.8 Å². The van der Waals surface area contributed by atoms with E-state index in [9.17, 15) is 19.5 Å². The van der Waals surface area contributed by atoms with Crippen LogP contribution < -0.4 is 0 Å². The van der Waals surface area contributed by atoms with E-state index in [1.807, 2.05) is 12.2 Å². The van der Waals surface area contributed by atoms with Crippen LogP contribution in [0.3, 0.4) is 0 Å². The summed E-state index contributed by atoms with van der Waals surface area (Å²) in [7, 11) is 0. The minimum Gasteiger partial charge on any atom is -0.461 e. The highest BCUT2D eigenvalue weighted by molar-refractivity contribution is 5.99. The van der Waals surface area contributed by atoms with Crippen LogP contribution in [0.5, 0.6) is 0 Å². The molecule has 1 N–H and O–H groups in total. The number of aliphatic hydroxyl groups is 1. The molecule has 33 heavy (non-hydrogen) atoms. The standard InChI is InChI=1S/C23H31N3O7/c27-12-3-7-26-19-21(29)25(9-8-24-10-14-31-15-11-24)6-2-5-23(19)18(20(26)28)17-16(33-23)4-1-13-32-22(17)30/h1-2,4-5,16-19,27H,3,6-15H2/t16-,17+,18+,19-,23?/m1/s1. The number of amides is 2. The van der Waals surface area contributed by atoms with E-state index >= 15 is 0 Å². The molecule has 3 saturated heterocycles. The largest absolute Gasteiger partial charge is 0.461 e. The average Bonchev–Trinajstić information content (AvgIpc) is 3.12. The molecule has 0 aliphatic carbocycles. The molecule has 0 bridgehead atoms. The maximum Gasteiger partial charge on any atom is 0.313 e. The van der Waals surface area contributed by atoms with Crippen LogP contribution >= 0.6 is 0 Å². The molecule has 1 spiro atoms. The molecule has 5 atom stereocenters. The highest BCUT2D eigenvalue weighted by atomic mass is 16.6. The number of morpholine rings is 1. The Kier molecular flexibility index (Phi) is 6.26. The Balaban J connectivity index is 1.45. The fraction of sp³-hybridized carbons (Fsp3) is 0.696. The molecule has 0 aromatic rings. The van der Waals surface area contributed by atoms with Crippen molar-refractivity contribution in [2.24, 2.45) is 11.8 Å². The molecule has 0 aromatic heterocycles. The molecule has 1 unspecified atom stereocenters. The Morgan fingerprint density at radius 1 is 1.06 bits per heavy atom. The summed E-state index contributed by atoms with van der Waals surface area (Å²) in [5, 5.41) is 9.40. The van der Waals surface area contributed by atoms with Crippen molar-refractivity contribution in [3.8, 4) is 0 Å². The van der Waals surface area contributed by atoms with Crippen LogP contribution in [0.4, 0.5) is 0 Å². The molecule has 10 heteroatoms. The second-order valence-electron chi connectivity index (χ2n) is 9.15. The number of ether oxygens (including phenoxy) is 3. The summed E-state index contributed by atoms with van der Waals surface area (Å²) >= 11 is 0. The highest BCUT2D eigenvalue weighted by Gasteiger charge is 2.71. The van der Waals surface area contributed by atoms with Gasteiger partial charge in [0.15, 0.2) is 0 Å². The lowest BCUT2D eigenvalue weighted by Gasteiger charge is -2.36. The van der Waals surface area contributed by atoms with Crippen LogP contribution in [-0.4, -0.2) is 121 Å². The predicted molar refractivity (Wildman–Crippen MR) is 115 cm³/mol. The van der Waals surface area contributed by atoms with Crippen LogP contribution in [-0.2, 0) is 28.6 Å². The summed E-state index contributed by atoms with van der Waals surface area (Å²) < 4.78 is 17.1. The van der Waals surface area contributed by atoms with Gasteiger partial charge in [0.05, 0.1) is 25.2 Å². The maximum absolute atomic E-state index is 13.9. The zero-order valence-electron chi connectivity index (χ0n) is 18.6. The Labute approximate surface area is 192 Å². The van der Waals surface area contributed by atoms with Crippen LogP contribution in [0, 0.1) is 11.8 Å². The van der Waals surface area contributed by atoms with E-state index in [2.05, 4.69) is 4.90 Å². The molecule has 5 rings (SSSR count). The van der Waals surface area contributed by atoms with Gasteiger partial charge in [-0.3, -0.25) is 19.3 Å². The number of aliphatic hydroxyl groups excluding tert-OH is 1. The Bertz CT molecular complexity index is 855. The number of cyclic esters (lactones) is 1. The number of carbonyl (C=O) groups is 3. The number of likely N-dealkylation sites (tertiary alicyclic amines) is 1. The first-order chi connectivity index (χ1) is 16.1. The lowest BCUT2D eigenvalue weighted by atomic mass is 9.78. The van der Waals surface area contributed by atoms with Gasteiger partial charge in [-0.2, -0.15) is 0 Å². The van der Waals surface area contributed by atoms with Crippen molar-refractivity contribution in [2.75, 3.05) is 65.7 Å². The second-order valence-corrected chi connectivity index (χ2v) is 9.15. The van der Waals surface area contributed by atoms with Crippen molar-refractivity contribution >= 4 is 17.8 Å². The van der Waals surface area contributed by atoms with Gasteiger partial charge in [-0.25, -0.2) is 0 Å². The van der Waals surface area contributed by atoms with Crippen molar-refractivity contribution in [1.29, 1.82) is 0 Å².